The SMILES string of the molecule is CCOC(=O)Cn1c(=NC(=O)C2CCN(S(C)(=O)=O)CC2)sc2cc(C(=O)OCC)ccc21. The summed E-state index contributed by atoms with van der Waals surface area (Å²) in [5, 5.41) is 0. The van der Waals surface area contributed by atoms with Crippen LogP contribution in [0.3, 0.4) is 0 Å². The van der Waals surface area contributed by atoms with Crippen LogP contribution in [0.4, 0.5) is 0 Å². The maximum absolute atomic E-state index is 12.9. The number of esters is 2. The predicted molar refractivity (Wildman–Crippen MR) is 122 cm³/mol. The second-order valence-corrected chi connectivity index (χ2v) is 10.6. The summed E-state index contributed by atoms with van der Waals surface area (Å²) >= 11 is 1.18. The van der Waals surface area contributed by atoms with E-state index in [9.17, 15) is 22.8 Å². The van der Waals surface area contributed by atoms with Crippen molar-refractivity contribution in [2.24, 2.45) is 10.9 Å². The first-order valence-electron chi connectivity index (χ1n) is 10.6. The zero-order chi connectivity index (χ0) is 24.2. The number of hydrogen-bond acceptors (Lipinski definition) is 8. The molecule has 1 fully saturated rings. The summed E-state index contributed by atoms with van der Waals surface area (Å²) < 4.78 is 37.1. The van der Waals surface area contributed by atoms with E-state index in [2.05, 4.69) is 4.99 Å². The number of carbonyl (C=O) groups is 3. The minimum absolute atomic E-state index is 0.134. The lowest BCUT2D eigenvalue weighted by molar-refractivity contribution is -0.143. The summed E-state index contributed by atoms with van der Waals surface area (Å²) in [7, 11) is -3.29. The monoisotopic (exact) mass is 497 g/mol. The minimum atomic E-state index is -3.29. The van der Waals surface area contributed by atoms with Gasteiger partial charge in [0.25, 0.3) is 5.91 Å². The summed E-state index contributed by atoms with van der Waals surface area (Å²) in [5.41, 5.74) is 0.999. The molecule has 3 rings (SSSR count). The molecule has 10 nitrogen and oxygen atoms in total. The van der Waals surface area contributed by atoms with E-state index < -0.39 is 27.9 Å². The minimum Gasteiger partial charge on any atom is -0.465 e. The quantitative estimate of drug-likeness (QED) is 0.532. The smallest absolute Gasteiger partial charge is 0.338 e. The Kier molecular flexibility index (Phi) is 8.03. The predicted octanol–water partition coefficient (Wildman–Crippen LogP) is 1.54. The number of piperidine rings is 1. The van der Waals surface area contributed by atoms with E-state index in [1.807, 2.05) is 0 Å². The molecule has 1 amide bonds. The third kappa shape index (κ3) is 6.06. The van der Waals surface area contributed by atoms with E-state index >= 15 is 0 Å². The normalized spacial score (nSPS) is 16.2. The van der Waals surface area contributed by atoms with Crippen molar-refractivity contribution in [3.05, 3.63) is 28.6 Å². The lowest BCUT2D eigenvalue weighted by atomic mass is 9.98. The molecule has 1 aromatic carbocycles. The molecule has 12 heteroatoms. The van der Waals surface area contributed by atoms with Crippen molar-refractivity contribution in [2.45, 2.75) is 33.2 Å². The van der Waals surface area contributed by atoms with Crippen LogP contribution in [-0.4, -0.2) is 67.7 Å². The molecule has 0 unspecified atom stereocenters. The topological polar surface area (TPSA) is 124 Å². The highest BCUT2D eigenvalue weighted by molar-refractivity contribution is 7.88. The molecule has 0 saturated carbocycles. The maximum atomic E-state index is 12.9. The molecule has 2 heterocycles. The lowest BCUT2D eigenvalue weighted by Crippen LogP contribution is -2.39. The first kappa shape index (κ1) is 25.1. The Morgan fingerprint density at radius 2 is 1.79 bits per heavy atom. The Balaban J connectivity index is 1.95. The number of sulfonamides is 1. The van der Waals surface area contributed by atoms with Crippen LogP contribution < -0.4 is 4.80 Å². The maximum Gasteiger partial charge on any atom is 0.338 e. The van der Waals surface area contributed by atoms with Crippen molar-refractivity contribution in [3.63, 3.8) is 0 Å². The van der Waals surface area contributed by atoms with Crippen LogP contribution in [0.1, 0.15) is 37.0 Å². The molecule has 1 aliphatic heterocycles. The van der Waals surface area contributed by atoms with Gasteiger partial charge in [0.15, 0.2) is 4.80 Å². The molecule has 0 radical (unpaired) electrons. The van der Waals surface area contributed by atoms with Gasteiger partial charge in [0.1, 0.15) is 6.54 Å². The highest BCUT2D eigenvalue weighted by Crippen LogP contribution is 2.22. The second kappa shape index (κ2) is 10.6. The third-order valence-corrected chi connectivity index (χ3v) is 7.61. The zero-order valence-corrected chi connectivity index (χ0v) is 20.4. The third-order valence-electron chi connectivity index (χ3n) is 5.26. The molecular weight excluding hydrogens is 470 g/mol. The molecule has 1 saturated heterocycles. The van der Waals surface area contributed by atoms with Crippen molar-refractivity contribution in [1.82, 2.24) is 8.87 Å². The van der Waals surface area contributed by atoms with Crippen LogP contribution in [0.5, 0.6) is 0 Å². The number of amides is 1. The summed E-state index contributed by atoms with van der Waals surface area (Å²) in [4.78, 5) is 41.8. The zero-order valence-electron chi connectivity index (χ0n) is 18.8. The van der Waals surface area contributed by atoms with Crippen LogP contribution in [0, 0.1) is 5.92 Å². The van der Waals surface area contributed by atoms with Gasteiger partial charge in [0.2, 0.25) is 10.0 Å². The van der Waals surface area contributed by atoms with Crippen molar-refractivity contribution >= 4 is 49.4 Å². The van der Waals surface area contributed by atoms with Gasteiger partial charge >= 0.3 is 11.9 Å². The number of benzene rings is 1. The van der Waals surface area contributed by atoms with Crippen LogP contribution >= 0.6 is 11.3 Å². The number of ether oxygens (including phenoxy) is 2. The largest absolute Gasteiger partial charge is 0.465 e. The second-order valence-electron chi connectivity index (χ2n) is 7.57. The number of hydrogen-bond donors (Lipinski definition) is 0. The van der Waals surface area contributed by atoms with Crippen molar-refractivity contribution < 1.29 is 32.3 Å². The molecule has 1 aliphatic rings. The van der Waals surface area contributed by atoms with E-state index in [1.54, 1.807) is 36.6 Å². The van der Waals surface area contributed by atoms with Gasteiger partial charge in [-0.2, -0.15) is 4.99 Å². The van der Waals surface area contributed by atoms with E-state index in [4.69, 9.17) is 9.47 Å². The highest BCUT2D eigenvalue weighted by atomic mass is 32.2. The summed E-state index contributed by atoms with van der Waals surface area (Å²) in [6.07, 6.45) is 1.91. The average Bonchev–Trinajstić information content (AvgIpc) is 3.09. The van der Waals surface area contributed by atoms with Crippen LogP contribution in [-0.2, 0) is 35.6 Å². The molecule has 0 aliphatic carbocycles. The van der Waals surface area contributed by atoms with E-state index in [-0.39, 0.29) is 38.8 Å². The summed E-state index contributed by atoms with van der Waals surface area (Å²) in [5.74, 6) is -1.70. The number of thiazole rings is 1. The summed E-state index contributed by atoms with van der Waals surface area (Å²) in [6.45, 7) is 4.29. The molecule has 2 aromatic rings. The number of nitrogens with zero attached hydrogens (tertiary/aromatic N) is 3. The Morgan fingerprint density at radius 1 is 1.12 bits per heavy atom. The van der Waals surface area contributed by atoms with Crippen molar-refractivity contribution in [2.75, 3.05) is 32.6 Å². The van der Waals surface area contributed by atoms with Gasteiger partial charge in [-0.25, -0.2) is 17.5 Å². The van der Waals surface area contributed by atoms with Gasteiger partial charge in [-0.3, -0.25) is 9.59 Å². The van der Waals surface area contributed by atoms with Gasteiger partial charge in [-0.1, -0.05) is 11.3 Å². The van der Waals surface area contributed by atoms with Gasteiger partial charge < -0.3 is 14.0 Å². The first-order valence-corrected chi connectivity index (χ1v) is 13.3. The number of rotatable bonds is 7. The van der Waals surface area contributed by atoms with Gasteiger partial charge in [-0.05, 0) is 44.9 Å². The standard InChI is InChI=1S/C21H27N3O7S2/c1-4-30-18(25)13-24-16-7-6-15(20(27)31-5-2)12-17(16)32-21(24)22-19(26)14-8-10-23(11-9-14)33(3,28)29/h6-7,12,14H,4-5,8-11,13H2,1-3H3. The van der Waals surface area contributed by atoms with E-state index in [1.165, 1.54) is 15.6 Å². The number of aromatic nitrogens is 1. The highest BCUT2D eigenvalue weighted by Gasteiger charge is 2.29. The Labute approximate surface area is 195 Å². The van der Waals surface area contributed by atoms with E-state index in [0.717, 1.165) is 6.26 Å². The Bertz CT molecular complexity index is 1220. The van der Waals surface area contributed by atoms with Gasteiger partial charge in [0.05, 0.1) is 35.2 Å². The Morgan fingerprint density at radius 3 is 2.39 bits per heavy atom. The fourth-order valence-corrected chi connectivity index (χ4v) is 5.56. The molecule has 0 bridgehead atoms. The molecule has 0 atom stereocenters. The average molecular weight is 498 g/mol. The molecule has 180 valence electrons. The number of fused-ring (bicyclic) bond motifs is 1. The van der Waals surface area contributed by atoms with Crippen molar-refractivity contribution in [1.29, 1.82) is 0 Å². The van der Waals surface area contributed by atoms with Crippen LogP contribution in [0.25, 0.3) is 10.2 Å². The fraction of sp³-hybridized carbons (Fsp3) is 0.524. The van der Waals surface area contributed by atoms with E-state index in [0.29, 0.717) is 33.4 Å². The van der Waals surface area contributed by atoms with Crippen molar-refractivity contribution in [3.8, 4) is 0 Å². The van der Waals surface area contributed by atoms with Crippen LogP contribution in [0.2, 0.25) is 0 Å². The summed E-state index contributed by atoms with van der Waals surface area (Å²) in [6, 6.07) is 4.93. The first-order chi connectivity index (χ1) is 15.6. The molecule has 1 aromatic heterocycles. The molecule has 33 heavy (non-hydrogen) atoms. The number of carbonyl (C=O) groups excluding carboxylic acids is 3. The molecular formula is C21H27N3O7S2. The molecule has 0 spiro atoms. The van der Waals surface area contributed by atoms with Crippen LogP contribution in [0.15, 0.2) is 23.2 Å². The van der Waals surface area contributed by atoms with Gasteiger partial charge in [-0.15, -0.1) is 0 Å². The Hall–Kier alpha value is -2.57. The lowest BCUT2D eigenvalue weighted by Gasteiger charge is -2.28. The fourth-order valence-electron chi connectivity index (χ4n) is 3.61. The molecule has 0 N–H and O–H groups in total. The van der Waals surface area contributed by atoms with Gasteiger partial charge in [0, 0.05) is 19.0 Å².